The number of benzene rings is 2. The zero-order valence-electron chi connectivity index (χ0n) is 19.5. The van der Waals surface area contributed by atoms with E-state index in [2.05, 4.69) is 46.1 Å². The maximum Gasteiger partial charge on any atom is 0.573 e. The van der Waals surface area contributed by atoms with Crippen molar-refractivity contribution in [1.29, 1.82) is 0 Å². The molecule has 2 heterocycles. The lowest BCUT2D eigenvalue weighted by molar-refractivity contribution is -0.274. The number of H-pyrrole nitrogens is 2. The van der Waals surface area contributed by atoms with Gasteiger partial charge in [-0.1, -0.05) is 17.7 Å². The monoisotopic (exact) mass is 536 g/mol. The number of ether oxygens (including phenoxy) is 1. The quantitative estimate of drug-likeness (QED) is 0.173. The Morgan fingerprint density at radius 3 is 2.70 bits per heavy atom. The van der Waals surface area contributed by atoms with Crippen LogP contribution in [0.3, 0.4) is 0 Å². The Bertz CT molecular complexity index is 1330. The van der Waals surface area contributed by atoms with Crippen LogP contribution in [0, 0.1) is 0 Å². The summed E-state index contributed by atoms with van der Waals surface area (Å²) in [6, 6.07) is 7.93. The number of hydrogen-bond donors (Lipinski definition) is 5. The molecule has 0 unspecified atom stereocenters. The number of halogens is 4. The fourth-order valence-electron chi connectivity index (χ4n) is 3.60. The summed E-state index contributed by atoms with van der Waals surface area (Å²) in [4.78, 5) is 16.3. The van der Waals surface area contributed by atoms with Gasteiger partial charge in [-0.3, -0.25) is 15.0 Å². The molecule has 196 valence electrons. The first-order valence-electron chi connectivity index (χ1n) is 11.4. The second-order valence-electron chi connectivity index (χ2n) is 8.06. The van der Waals surface area contributed by atoms with Crippen LogP contribution in [0.1, 0.15) is 18.4 Å². The van der Waals surface area contributed by atoms with Gasteiger partial charge in [-0.05, 0) is 36.2 Å². The van der Waals surface area contributed by atoms with Crippen molar-refractivity contribution in [3.63, 3.8) is 0 Å². The smallest absolute Gasteiger partial charge is 0.404 e. The third-order valence-corrected chi connectivity index (χ3v) is 5.61. The summed E-state index contributed by atoms with van der Waals surface area (Å²) in [7, 11) is 0. The number of carbonyl (C=O) groups is 1. The summed E-state index contributed by atoms with van der Waals surface area (Å²) in [6.07, 6.45) is -0.652. The summed E-state index contributed by atoms with van der Waals surface area (Å²) in [5.74, 6) is 0.0866. The van der Waals surface area contributed by atoms with Crippen molar-refractivity contribution in [2.24, 2.45) is 0 Å². The Balaban J connectivity index is 1.14. The van der Waals surface area contributed by atoms with Gasteiger partial charge in [-0.15, -0.1) is 13.2 Å². The molecule has 2 aromatic carbocycles. The van der Waals surface area contributed by atoms with Gasteiger partial charge in [0.25, 0.3) is 0 Å². The molecular formula is C23H24ClF3N8O2. The van der Waals surface area contributed by atoms with E-state index in [-0.39, 0.29) is 17.4 Å². The van der Waals surface area contributed by atoms with E-state index < -0.39 is 12.1 Å². The highest BCUT2D eigenvalue weighted by molar-refractivity contribution is 6.32. The summed E-state index contributed by atoms with van der Waals surface area (Å²) in [5.41, 5.74) is 3.30. The minimum Gasteiger partial charge on any atom is -0.404 e. The first-order valence-corrected chi connectivity index (χ1v) is 11.7. The van der Waals surface area contributed by atoms with Crippen LogP contribution < -0.4 is 20.7 Å². The van der Waals surface area contributed by atoms with Crippen molar-refractivity contribution in [2.75, 3.05) is 25.0 Å². The van der Waals surface area contributed by atoms with Crippen molar-refractivity contribution in [2.45, 2.75) is 25.7 Å². The summed E-state index contributed by atoms with van der Waals surface area (Å²) in [6.45, 7) is 1.88. The molecule has 0 saturated heterocycles. The highest BCUT2D eigenvalue weighted by Gasteiger charge is 2.32. The van der Waals surface area contributed by atoms with Crippen molar-refractivity contribution in [3.8, 4) is 17.1 Å². The van der Waals surface area contributed by atoms with Gasteiger partial charge in [0.05, 0.1) is 16.7 Å². The second kappa shape index (κ2) is 11.9. The van der Waals surface area contributed by atoms with Crippen LogP contribution in [0.4, 0.5) is 18.9 Å². The van der Waals surface area contributed by atoms with Crippen LogP contribution in [-0.2, 0) is 11.3 Å². The number of rotatable bonds is 12. The molecule has 0 aliphatic heterocycles. The lowest BCUT2D eigenvalue weighted by Crippen LogP contribution is -2.29. The number of amides is 1. The molecule has 2 aromatic heterocycles. The molecule has 4 aromatic rings. The first-order chi connectivity index (χ1) is 17.8. The predicted octanol–water partition coefficient (Wildman–Crippen LogP) is 4.00. The number of nitrogens with zero attached hydrogens (tertiary/aromatic N) is 3. The third kappa shape index (κ3) is 7.57. The molecular weight excluding hydrogens is 513 g/mol. The minimum absolute atomic E-state index is 0.107. The van der Waals surface area contributed by atoms with Crippen LogP contribution in [0.2, 0.25) is 5.02 Å². The fourth-order valence-corrected chi connectivity index (χ4v) is 3.84. The third-order valence-electron chi connectivity index (χ3n) is 5.32. The number of hydrogen-bond acceptors (Lipinski definition) is 7. The zero-order chi connectivity index (χ0) is 26.3. The van der Waals surface area contributed by atoms with Gasteiger partial charge in [0.2, 0.25) is 5.91 Å². The van der Waals surface area contributed by atoms with Gasteiger partial charge >= 0.3 is 6.36 Å². The number of aromatic amines is 2. The molecule has 0 spiro atoms. The van der Waals surface area contributed by atoms with Gasteiger partial charge in [0.1, 0.15) is 12.1 Å². The van der Waals surface area contributed by atoms with Crippen LogP contribution in [0.5, 0.6) is 5.75 Å². The van der Waals surface area contributed by atoms with E-state index in [0.717, 1.165) is 28.2 Å². The molecule has 37 heavy (non-hydrogen) atoms. The molecule has 10 nitrogen and oxygen atoms in total. The van der Waals surface area contributed by atoms with Crippen LogP contribution >= 0.6 is 11.6 Å². The van der Waals surface area contributed by atoms with Crippen LogP contribution in [0.25, 0.3) is 22.3 Å². The maximum absolute atomic E-state index is 12.3. The van der Waals surface area contributed by atoms with Gasteiger partial charge < -0.3 is 20.7 Å². The first kappa shape index (κ1) is 26.2. The average Bonchev–Trinajstić information content (AvgIpc) is 3.54. The number of aromatic nitrogens is 5. The molecule has 5 N–H and O–H groups in total. The van der Waals surface area contributed by atoms with Crippen molar-refractivity contribution in [1.82, 2.24) is 36.0 Å². The van der Waals surface area contributed by atoms with E-state index in [1.54, 1.807) is 6.20 Å². The van der Waals surface area contributed by atoms with Crippen LogP contribution in [-0.4, -0.2) is 57.3 Å². The summed E-state index contributed by atoms with van der Waals surface area (Å²) >= 11 is 5.84. The lowest BCUT2D eigenvalue weighted by Gasteiger charge is -2.12. The molecule has 0 fully saturated rings. The van der Waals surface area contributed by atoms with Gasteiger partial charge in [0.15, 0.2) is 5.82 Å². The number of anilines is 1. The molecule has 0 bridgehead atoms. The van der Waals surface area contributed by atoms with Gasteiger partial charge in [0, 0.05) is 49.2 Å². The summed E-state index contributed by atoms with van der Waals surface area (Å²) in [5, 5.41) is 23.9. The Morgan fingerprint density at radius 2 is 1.95 bits per heavy atom. The molecule has 1 amide bonds. The van der Waals surface area contributed by atoms with Gasteiger partial charge in [-0.2, -0.15) is 10.2 Å². The van der Waals surface area contributed by atoms with E-state index in [1.807, 2.05) is 12.1 Å². The molecule has 0 atom stereocenters. The number of carbonyl (C=O) groups excluding carboxylic acids is 1. The average molecular weight is 537 g/mol. The molecule has 0 radical (unpaired) electrons. The Hall–Kier alpha value is -3.84. The Morgan fingerprint density at radius 1 is 1.08 bits per heavy atom. The number of alkyl halides is 3. The Labute approximate surface area is 214 Å². The van der Waals surface area contributed by atoms with Gasteiger partial charge in [-0.25, -0.2) is 4.98 Å². The maximum atomic E-state index is 12.3. The van der Waals surface area contributed by atoms with E-state index in [1.165, 1.54) is 18.5 Å². The number of fused-ring (bicyclic) bond motifs is 1. The topological polar surface area (TPSA) is 133 Å². The molecule has 14 heteroatoms. The van der Waals surface area contributed by atoms with E-state index >= 15 is 0 Å². The SMILES string of the molecule is O=C(CCNCc1ccc(OC(F)(F)F)c(Cl)c1)NCCCNc1cc(-c2ncn[nH]2)cc2[nH]ncc12. The van der Waals surface area contributed by atoms with Crippen molar-refractivity contribution >= 4 is 34.1 Å². The highest BCUT2D eigenvalue weighted by atomic mass is 35.5. The van der Waals surface area contributed by atoms with E-state index in [0.29, 0.717) is 44.0 Å². The lowest BCUT2D eigenvalue weighted by atomic mass is 10.1. The van der Waals surface area contributed by atoms with E-state index in [9.17, 15) is 18.0 Å². The van der Waals surface area contributed by atoms with Crippen molar-refractivity contribution in [3.05, 3.63) is 53.4 Å². The van der Waals surface area contributed by atoms with E-state index in [4.69, 9.17) is 11.6 Å². The zero-order valence-corrected chi connectivity index (χ0v) is 20.2. The van der Waals surface area contributed by atoms with Crippen molar-refractivity contribution < 1.29 is 22.7 Å². The summed E-state index contributed by atoms with van der Waals surface area (Å²) < 4.78 is 40.8. The standard InChI is InChI=1S/C23H24ClF3N8O2/c24-17-8-14(2-3-20(17)37-23(25,26)27)11-28-7-4-21(36)30-6-1-5-29-18-9-15(22-31-13-33-35-22)10-19-16(18)12-32-34-19/h2-3,8-10,12-13,28-29H,1,4-7,11H2,(H,30,36)(H,32,34)(H,31,33,35). The predicted molar refractivity (Wildman–Crippen MR) is 132 cm³/mol. The molecule has 0 saturated carbocycles. The largest absolute Gasteiger partial charge is 0.573 e. The fraction of sp³-hybridized carbons (Fsp3) is 0.304. The normalized spacial score (nSPS) is 11.6. The molecule has 0 aliphatic rings. The highest BCUT2D eigenvalue weighted by Crippen LogP contribution is 2.31. The molecule has 0 aliphatic carbocycles. The van der Waals surface area contributed by atoms with Crippen LogP contribution in [0.15, 0.2) is 42.9 Å². The molecule has 4 rings (SSSR count). The minimum atomic E-state index is -4.80. The Kier molecular flexibility index (Phi) is 8.46. The second-order valence-corrected chi connectivity index (χ2v) is 8.47. The number of nitrogens with one attached hydrogen (secondary N) is 5.